The van der Waals surface area contributed by atoms with Crippen LogP contribution in [0.4, 0.5) is 10.1 Å². The lowest BCUT2D eigenvalue weighted by molar-refractivity contribution is -0.120. The Morgan fingerprint density at radius 1 is 1.18 bits per heavy atom. The number of hydrogen-bond acceptors (Lipinski definition) is 4. The molecule has 0 saturated carbocycles. The molecule has 8 heteroatoms. The molecular formula is C20H20FN5O2. The lowest BCUT2D eigenvalue weighted by Gasteiger charge is -2.18. The summed E-state index contributed by atoms with van der Waals surface area (Å²) in [5.74, 6) is -1.12. The van der Waals surface area contributed by atoms with E-state index >= 15 is 0 Å². The highest BCUT2D eigenvalue weighted by Crippen LogP contribution is 2.21. The molecule has 1 heterocycles. The highest BCUT2D eigenvalue weighted by molar-refractivity contribution is 5.91. The van der Waals surface area contributed by atoms with Crippen LogP contribution in [0, 0.1) is 12.7 Å². The molecule has 3 aromatic rings. The number of anilines is 1. The molecule has 2 amide bonds. The van der Waals surface area contributed by atoms with E-state index in [1.165, 1.54) is 36.4 Å². The van der Waals surface area contributed by atoms with Crippen molar-refractivity contribution in [3.63, 3.8) is 0 Å². The molecule has 2 N–H and O–H groups in total. The summed E-state index contributed by atoms with van der Waals surface area (Å²) in [7, 11) is 0. The summed E-state index contributed by atoms with van der Waals surface area (Å²) in [6.45, 7) is 3.36. The minimum atomic E-state index is -0.541. The third kappa shape index (κ3) is 4.79. The number of nitrogens with zero attached hydrogens (tertiary/aromatic N) is 3. The van der Waals surface area contributed by atoms with E-state index in [-0.39, 0.29) is 23.9 Å². The molecular weight excluding hydrogens is 361 g/mol. The maximum Gasteiger partial charge on any atom is 0.226 e. The van der Waals surface area contributed by atoms with E-state index in [0.717, 1.165) is 11.1 Å². The molecule has 28 heavy (non-hydrogen) atoms. The third-order valence-corrected chi connectivity index (χ3v) is 4.14. The van der Waals surface area contributed by atoms with Crippen LogP contribution in [0.5, 0.6) is 0 Å². The first-order valence-electron chi connectivity index (χ1n) is 8.70. The largest absolute Gasteiger partial charge is 0.349 e. The fourth-order valence-electron chi connectivity index (χ4n) is 2.80. The van der Waals surface area contributed by atoms with Gasteiger partial charge in [-0.1, -0.05) is 29.8 Å². The smallest absolute Gasteiger partial charge is 0.226 e. The van der Waals surface area contributed by atoms with Gasteiger partial charge in [0.1, 0.15) is 18.3 Å². The summed E-state index contributed by atoms with van der Waals surface area (Å²) in [4.78, 5) is 27.8. The van der Waals surface area contributed by atoms with Crippen molar-refractivity contribution >= 4 is 17.5 Å². The number of aryl methyl sites for hydroxylation is 1. The molecule has 0 aliphatic heterocycles. The molecule has 1 aromatic heterocycles. The lowest BCUT2D eigenvalue weighted by Crippen LogP contribution is -2.29. The normalized spacial score (nSPS) is 11.7. The molecule has 1 unspecified atom stereocenters. The number of amides is 2. The maximum atomic E-state index is 14.3. The number of halogens is 1. The predicted molar refractivity (Wildman–Crippen MR) is 102 cm³/mol. The first-order chi connectivity index (χ1) is 13.4. The van der Waals surface area contributed by atoms with E-state index in [1.807, 2.05) is 31.2 Å². The Morgan fingerprint density at radius 3 is 2.54 bits per heavy atom. The van der Waals surface area contributed by atoms with E-state index < -0.39 is 11.9 Å². The van der Waals surface area contributed by atoms with Crippen LogP contribution >= 0.6 is 0 Å². The van der Waals surface area contributed by atoms with Crippen LogP contribution in [-0.2, 0) is 9.59 Å². The van der Waals surface area contributed by atoms with Gasteiger partial charge in [0.2, 0.25) is 11.8 Å². The summed E-state index contributed by atoms with van der Waals surface area (Å²) in [6, 6.07) is 11.4. The SMILES string of the molecule is CC(=O)NC(CC(=O)Nc1ccc(-n2cncn2)c(F)c1)c1ccc(C)cc1. The Hall–Kier alpha value is -3.55. The van der Waals surface area contributed by atoms with Crippen LogP contribution < -0.4 is 10.6 Å². The lowest BCUT2D eigenvalue weighted by atomic mass is 10.0. The van der Waals surface area contributed by atoms with Gasteiger partial charge in [-0.3, -0.25) is 9.59 Å². The molecule has 2 aromatic carbocycles. The number of carbonyl (C=O) groups is 2. The fraction of sp³-hybridized carbons (Fsp3) is 0.200. The zero-order chi connectivity index (χ0) is 20.1. The fourth-order valence-corrected chi connectivity index (χ4v) is 2.80. The van der Waals surface area contributed by atoms with Crippen molar-refractivity contribution < 1.29 is 14.0 Å². The Balaban J connectivity index is 1.71. The molecule has 7 nitrogen and oxygen atoms in total. The summed E-state index contributed by atoms with van der Waals surface area (Å²) in [6.07, 6.45) is 2.72. The number of hydrogen-bond donors (Lipinski definition) is 2. The van der Waals surface area contributed by atoms with Gasteiger partial charge in [0, 0.05) is 12.6 Å². The van der Waals surface area contributed by atoms with Crippen LogP contribution in [0.15, 0.2) is 55.1 Å². The number of carbonyl (C=O) groups excluding carboxylic acids is 2. The molecule has 144 valence electrons. The van der Waals surface area contributed by atoms with Crippen LogP contribution in [-0.4, -0.2) is 26.6 Å². The topological polar surface area (TPSA) is 88.9 Å². The standard InChI is InChI=1S/C20H20FN5O2/c1-13-3-5-15(6-4-13)18(24-14(2)27)10-20(28)25-16-7-8-19(17(21)9-16)26-12-22-11-23-26/h3-9,11-12,18H,10H2,1-2H3,(H,24,27)(H,25,28). The minimum absolute atomic E-state index is 0.0229. The number of rotatable bonds is 6. The number of benzene rings is 2. The van der Waals surface area contributed by atoms with Crippen LogP contribution in [0.3, 0.4) is 0 Å². The van der Waals surface area contributed by atoms with Gasteiger partial charge in [0.05, 0.1) is 12.5 Å². The Labute approximate surface area is 161 Å². The summed E-state index contributed by atoms with van der Waals surface area (Å²) < 4.78 is 15.6. The summed E-state index contributed by atoms with van der Waals surface area (Å²) in [5.41, 5.74) is 2.45. The van der Waals surface area contributed by atoms with Gasteiger partial charge in [0.25, 0.3) is 0 Å². The molecule has 0 spiro atoms. The van der Waals surface area contributed by atoms with Gasteiger partial charge in [0.15, 0.2) is 5.82 Å². The average Bonchev–Trinajstić information content (AvgIpc) is 3.16. The Kier molecular flexibility index (Phi) is 5.78. The van der Waals surface area contributed by atoms with Gasteiger partial charge in [-0.05, 0) is 30.7 Å². The molecule has 0 fully saturated rings. The highest BCUT2D eigenvalue weighted by Gasteiger charge is 2.18. The monoisotopic (exact) mass is 381 g/mol. The molecule has 3 rings (SSSR count). The third-order valence-electron chi connectivity index (χ3n) is 4.14. The van der Waals surface area contributed by atoms with Crippen molar-refractivity contribution in [3.05, 3.63) is 72.1 Å². The molecule has 0 aliphatic carbocycles. The quantitative estimate of drug-likeness (QED) is 0.687. The Bertz CT molecular complexity index is 971. The van der Waals surface area contributed by atoms with Crippen LogP contribution in [0.25, 0.3) is 5.69 Å². The molecule has 0 radical (unpaired) electrons. The van der Waals surface area contributed by atoms with Crippen molar-refractivity contribution in [1.29, 1.82) is 0 Å². The number of aromatic nitrogens is 3. The van der Waals surface area contributed by atoms with E-state index in [4.69, 9.17) is 0 Å². The van der Waals surface area contributed by atoms with Crippen molar-refractivity contribution in [2.24, 2.45) is 0 Å². The first-order valence-corrected chi connectivity index (χ1v) is 8.70. The maximum absolute atomic E-state index is 14.3. The van der Waals surface area contributed by atoms with Crippen molar-refractivity contribution in [1.82, 2.24) is 20.1 Å². The second-order valence-electron chi connectivity index (χ2n) is 6.42. The van der Waals surface area contributed by atoms with Gasteiger partial charge in [-0.15, -0.1) is 0 Å². The van der Waals surface area contributed by atoms with E-state index in [0.29, 0.717) is 5.69 Å². The molecule has 1 atom stereocenters. The highest BCUT2D eigenvalue weighted by atomic mass is 19.1. The van der Waals surface area contributed by atoms with Crippen molar-refractivity contribution in [2.75, 3.05) is 5.32 Å². The van der Waals surface area contributed by atoms with Gasteiger partial charge in [-0.25, -0.2) is 14.1 Å². The van der Waals surface area contributed by atoms with Gasteiger partial charge in [-0.2, -0.15) is 5.10 Å². The van der Waals surface area contributed by atoms with Gasteiger partial charge < -0.3 is 10.6 Å². The first kappa shape index (κ1) is 19.2. The van der Waals surface area contributed by atoms with E-state index in [1.54, 1.807) is 6.07 Å². The second-order valence-corrected chi connectivity index (χ2v) is 6.42. The zero-order valence-corrected chi connectivity index (χ0v) is 15.5. The summed E-state index contributed by atoms with van der Waals surface area (Å²) in [5, 5.41) is 9.33. The van der Waals surface area contributed by atoms with Crippen LogP contribution in [0.2, 0.25) is 0 Å². The van der Waals surface area contributed by atoms with Crippen LogP contribution in [0.1, 0.15) is 30.5 Å². The van der Waals surface area contributed by atoms with Gasteiger partial charge >= 0.3 is 0 Å². The molecule has 0 saturated heterocycles. The van der Waals surface area contributed by atoms with Crippen molar-refractivity contribution in [2.45, 2.75) is 26.3 Å². The van der Waals surface area contributed by atoms with E-state index in [2.05, 4.69) is 20.7 Å². The average molecular weight is 381 g/mol. The van der Waals surface area contributed by atoms with E-state index in [9.17, 15) is 14.0 Å². The molecule has 0 bridgehead atoms. The second kappa shape index (κ2) is 8.43. The minimum Gasteiger partial charge on any atom is -0.349 e. The summed E-state index contributed by atoms with van der Waals surface area (Å²) >= 11 is 0. The zero-order valence-electron chi connectivity index (χ0n) is 15.5. The number of nitrogens with one attached hydrogen (secondary N) is 2. The van der Waals surface area contributed by atoms with Crippen molar-refractivity contribution in [3.8, 4) is 5.69 Å². The predicted octanol–water partition coefficient (Wildman–Crippen LogP) is 2.92. The molecule has 0 aliphatic rings. The Morgan fingerprint density at radius 2 is 1.93 bits per heavy atom.